The fourth-order valence-electron chi connectivity index (χ4n) is 4.28. The Balaban J connectivity index is 2.16. The number of carbonyl (C=O) groups is 5. The lowest BCUT2D eigenvalue weighted by Gasteiger charge is -2.30. The van der Waals surface area contributed by atoms with E-state index in [1.807, 2.05) is 57.2 Å². The number of Topliss-reactive ketones (excluding diaryl/α,β-unsaturated/α-hetero) is 1. The number of hydrogen-bond donors (Lipinski definition) is 3. The number of nitrogens with zero attached hydrogens (tertiary/aromatic N) is 1. The van der Waals surface area contributed by atoms with Gasteiger partial charge in [-0.2, -0.15) is 0 Å². The van der Waals surface area contributed by atoms with Crippen LogP contribution < -0.4 is 16.4 Å². The van der Waals surface area contributed by atoms with Crippen LogP contribution in [0.15, 0.2) is 60.7 Å². The molecule has 4 N–H and O–H groups in total. The molecule has 0 radical (unpaired) electrons. The highest BCUT2D eigenvalue weighted by molar-refractivity contribution is 6.38. The van der Waals surface area contributed by atoms with Gasteiger partial charge in [0.05, 0.1) is 6.04 Å². The average Bonchev–Trinajstić information content (AvgIpc) is 2.96. The van der Waals surface area contributed by atoms with Crippen molar-refractivity contribution in [2.75, 3.05) is 7.05 Å². The zero-order valence-electron chi connectivity index (χ0n) is 24.5. The van der Waals surface area contributed by atoms with E-state index in [9.17, 15) is 24.0 Å². The van der Waals surface area contributed by atoms with Crippen LogP contribution in [0.1, 0.15) is 51.7 Å². The smallest absolute Gasteiger partial charge is 0.408 e. The molecule has 0 fully saturated rings. The molecule has 0 heterocycles. The van der Waals surface area contributed by atoms with Gasteiger partial charge in [0.25, 0.3) is 5.91 Å². The highest BCUT2D eigenvalue weighted by Crippen LogP contribution is 2.15. The molecule has 4 amide bonds. The molecule has 10 heteroatoms. The van der Waals surface area contributed by atoms with Crippen LogP contribution >= 0.6 is 0 Å². The van der Waals surface area contributed by atoms with Gasteiger partial charge in [-0.25, -0.2) is 4.79 Å². The predicted octanol–water partition coefficient (Wildman–Crippen LogP) is 2.98. The SMILES string of the molecule is CC[C@H](C)C(NC(=O)[C@H](CC(C)C)NC(=O)OCc1ccccc1)C(=O)C(=O)N(C)[C@@H](Cc1ccccc1)C(N)=O. The lowest BCUT2D eigenvalue weighted by Crippen LogP contribution is -2.58. The normalized spacial score (nSPS) is 13.8. The van der Waals surface area contributed by atoms with Crippen LogP contribution in [-0.2, 0) is 36.9 Å². The Bertz CT molecular complexity index is 1170. The first-order valence-electron chi connectivity index (χ1n) is 13.9. The molecule has 0 saturated heterocycles. The number of benzene rings is 2. The molecule has 2 aromatic carbocycles. The minimum absolute atomic E-state index is 0.0278. The molecule has 2 aromatic rings. The Morgan fingerprint density at radius 3 is 1.95 bits per heavy atom. The number of carbonyl (C=O) groups excluding carboxylic acids is 5. The number of nitrogens with one attached hydrogen (secondary N) is 2. The van der Waals surface area contributed by atoms with Crippen molar-refractivity contribution in [2.24, 2.45) is 17.6 Å². The van der Waals surface area contributed by atoms with E-state index in [0.717, 1.165) is 16.0 Å². The summed E-state index contributed by atoms with van der Waals surface area (Å²) in [4.78, 5) is 65.9. The maximum atomic E-state index is 13.5. The van der Waals surface area contributed by atoms with Crippen LogP contribution in [0.2, 0.25) is 0 Å². The molecule has 4 atom stereocenters. The predicted molar refractivity (Wildman–Crippen MR) is 155 cm³/mol. The number of primary amides is 1. The summed E-state index contributed by atoms with van der Waals surface area (Å²) in [5.74, 6) is -3.55. The number of likely N-dealkylation sites (N-methyl/N-ethyl adjacent to an activating group) is 1. The monoisotopic (exact) mass is 566 g/mol. The van der Waals surface area contributed by atoms with Crippen molar-refractivity contribution in [1.29, 1.82) is 0 Å². The molecule has 0 spiro atoms. The van der Waals surface area contributed by atoms with Crippen LogP contribution in [0.3, 0.4) is 0 Å². The summed E-state index contributed by atoms with van der Waals surface area (Å²) in [5, 5.41) is 5.27. The summed E-state index contributed by atoms with van der Waals surface area (Å²) in [6.45, 7) is 7.39. The summed E-state index contributed by atoms with van der Waals surface area (Å²) >= 11 is 0. The van der Waals surface area contributed by atoms with E-state index in [4.69, 9.17) is 10.5 Å². The average molecular weight is 567 g/mol. The highest BCUT2D eigenvalue weighted by atomic mass is 16.5. The van der Waals surface area contributed by atoms with E-state index < -0.39 is 53.6 Å². The molecule has 10 nitrogen and oxygen atoms in total. The molecule has 41 heavy (non-hydrogen) atoms. The van der Waals surface area contributed by atoms with E-state index in [0.29, 0.717) is 6.42 Å². The van der Waals surface area contributed by atoms with Crippen LogP contribution in [0, 0.1) is 11.8 Å². The van der Waals surface area contributed by atoms with E-state index >= 15 is 0 Å². The number of nitrogens with two attached hydrogens (primary N) is 1. The van der Waals surface area contributed by atoms with Crippen molar-refractivity contribution in [3.63, 3.8) is 0 Å². The molecular formula is C31H42N4O6. The van der Waals surface area contributed by atoms with Gasteiger partial charge in [-0.1, -0.05) is 94.8 Å². The van der Waals surface area contributed by atoms with Crippen LogP contribution in [-0.4, -0.2) is 59.7 Å². The third-order valence-corrected chi connectivity index (χ3v) is 6.92. The minimum atomic E-state index is -1.18. The molecule has 0 aliphatic rings. The molecule has 0 aliphatic carbocycles. The minimum Gasteiger partial charge on any atom is -0.445 e. The largest absolute Gasteiger partial charge is 0.445 e. The van der Waals surface area contributed by atoms with E-state index in [1.165, 1.54) is 7.05 Å². The lowest BCUT2D eigenvalue weighted by atomic mass is 9.93. The van der Waals surface area contributed by atoms with Crippen molar-refractivity contribution in [1.82, 2.24) is 15.5 Å². The van der Waals surface area contributed by atoms with Gasteiger partial charge >= 0.3 is 6.09 Å². The third-order valence-electron chi connectivity index (χ3n) is 6.92. The second kappa shape index (κ2) is 16.2. The zero-order valence-corrected chi connectivity index (χ0v) is 24.5. The number of alkyl carbamates (subject to hydrolysis) is 1. The molecular weight excluding hydrogens is 524 g/mol. The van der Waals surface area contributed by atoms with Gasteiger partial charge in [-0.3, -0.25) is 19.2 Å². The maximum absolute atomic E-state index is 13.5. The first kappa shape index (κ1) is 33.0. The van der Waals surface area contributed by atoms with Gasteiger partial charge in [-0.05, 0) is 29.4 Å². The maximum Gasteiger partial charge on any atom is 0.408 e. The Labute approximate surface area is 242 Å². The van der Waals surface area contributed by atoms with Crippen molar-refractivity contribution in [3.05, 3.63) is 71.8 Å². The van der Waals surface area contributed by atoms with Crippen molar-refractivity contribution in [2.45, 2.75) is 71.7 Å². The Morgan fingerprint density at radius 2 is 1.44 bits per heavy atom. The van der Waals surface area contributed by atoms with Gasteiger partial charge < -0.3 is 26.0 Å². The number of rotatable bonds is 15. The summed E-state index contributed by atoms with van der Waals surface area (Å²) < 4.78 is 5.28. The van der Waals surface area contributed by atoms with E-state index in [-0.39, 0.29) is 25.4 Å². The number of hydrogen-bond acceptors (Lipinski definition) is 6. The Kier molecular flexibility index (Phi) is 13.0. The van der Waals surface area contributed by atoms with Crippen LogP contribution in [0.4, 0.5) is 4.79 Å². The van der Waals surface area contributed by atoms with Gasteiger partial charge in [0, 0.05) is 13.5 Å². The molecule has 0 bridgehead atoms. The van der Waals surface area contributed by atoms with Gasteiger partial charge in [0.2, 0.25) is 17.6 Å². The van der Waals surface area contributed by atoms with Crippen LogP contribution in [0.5, 0.6) is 0 Å². The first-order chi connectivity index (χ1) is 19.4. The summed E-state index contributed by atoms with van der Waals surface area (Å²) in [5.41, 5.74) is 7.16. The van der Waals surface area contributed by atoms with Crippen molar-refractivity contribution >= 4 is 29.6 Å². The number of ether oxygens (including phenoxy) is 1. The lowest BCUT2D eigenvalue weighted by molar-refractivity contribution is -0.149. The van der Waals surface area contributed by atoms with Gasteiger partial charge in [0.1, 0.15) is 18.7 Å². The number of ketones is 1. The fraction of sp³-hybridized carbons (Fsp3) is 0.452. The third kappa shape index (κ3) is 10.4. The highest BCUT2D eigenvalue weighted by Gasteiger charge is 2.37. The van der Waals surface area contributed by atoms with E-state index in [1.54, 1.807) is 31.2 Å². The summed E-state index contributed by atoms with van der Waals surface area (Å²) in [6, 6.07) is 14.9. The van der Waals surface area contributed by atoms with Gasteiger partial charge in [-0.15, -0.1) is 0 Å². The Hall–Kier alpha value is -4.21. The van der Waals surface area contributed by atoms with Crippen molar-refractivity contribution < 1.29 is 28.7 Å². The fourth-order valence-corrected chi connectivity index (χ4v) is 4.28. The van der Waals surface area contributed by atoms with Crippen molar-refractivity contribution in [3.8, 4) is 0 Å². The van der Waals surface area contributed by atoms with E-state index in [2.05, 4.69) is 10.6 Å². The summed E-state index contributed by atoms with van der Waals surface area (Å²) in [7, 11) is 1.35. The molecule has 222 valence electrons. The Morgan fingerprint density at radius 1 is 0.878 bits per heavy atom. The number of amides is 4. The first-order valence-corrected chi connectivity index (χ1v) is 13.9. The standard InChI is InChI=1S/C31H42N4O6/c1-6-21(4)26(27(36)30(39)35(5)25(28(32)37)18-22-13-9-7-10-14-22)34-29(38)24(17-20(2)3)33-31(40)41-19-23-15-11-8-12-16-23/h7-16,20-21,24-26H,6,17-19H2,1-5H3,(H2,32,37)(H,33,40)(H,34,38)/t21-,24-,25-,26?/m0/s1. The molecule has 0 aromatic heterocycles. The second-order valence-corrected chi connectivity index (χ2v) is 10.6. The van der Waals surface area contributed by atoms with Crippen LogP contribution in [0.25, 0.3) is 0 Å². The molecule has 2 rings (SSSR count). The quantitative estimate of drug-likeness (QED) is 0.282. The second-order valence-electron chi connectivity index (χ2n) is 10.6. The molecule has 1 unspecified atom stereocenters. The topological polar surface area (TPSA) is 148 Å². The zero-order chi connectivity index (χ0) is 30.5. The molecule has 0 aliphatic heterocycles. The summed E-state index contributed by atoms with van der Waals surface area (Å²) in [6.07, 6.45) is 0.125. The molecule has 0 saturated carbocycles. The van der Waals surface area contributed by atoms with Gasteiger partial charge in [0.15, 0.2) is 0 Å².